The fourth-order valence-electron chi connectivity index (χ4n) is 4.21. The van der Waals surface area contributed by atoms with E-state index in [-0.39, 0.29) is 5.91 Å². The summed E-state index contributed by atoms with van der Waals surface area (Å²) in [5, 5.41) is 0. The largest absolute Gasteiger partial charge is 0.375 e. The molecule has 0 aromatic carbocycles. The molecule has 2 fully saturated rings. The minimum atomic E-state index is -0.332. The fourth-order valence-corrected chi connectivity index (χ4v) is 4.60. The Balaban J connectivity index is 1.64. The Kier molecular flexibility index (Phi) is 6.93. The number of nitrogens with two attached hydrogens (primary N) is 1. The lowest BCUT2D eigenvalue weighted by atomic mass is 9.79. The van der Waals surface area contributed by atoms with Crippen LogP contribution in [0.1, 0.15) is 57.8 Å². The number of amides is 1. The van der Waals surface area contributed by atoms with E-state index in [1.54, 1.807) is 0 Å². The molecule has 0 saturated heterocycles. The molecule has 0 aromatic heterocycles. The number of rotatable bonds is 4. The van der Waals surface area contributed by atoms with Crippen molar-refractivity contribution in [3.05, 3.63) is 45.1 Å². The van der Waals surface area contributed by atoms with Gasteiger partial charge < -0.3 is 10.5 Å². The summed E-state index contributed by atoms with van der Waals surface area (Å²) in [6.45, 7) is 0. The Morgan fingerprint density at radius 3 is 2.32 bits per heavy atom. The molecular formula is C21H28INO2. The van der Waals surface area contributed by atoms with Crippen LogP contribution in [0, 0.1) is 5.92 Å². The van der Waals surface area contributed by atoms with Gasteiger partial charge in [0, 0.05) is 9.15 Å². The molecule has 0 aliphatic heterocycles. The normalized spacial score (nSPS) is 28.4. The van der Waals surface area contributed by atoms with E-state index < -0.39 is 0 Å². The summed E-state index contributed by atoms with van der Waals surface area (Å²) in [5.41, 5.74) is 7.40. The Morgan fingerprint density at radius 1 is 0.960 bits per heavy atom. The molecule has 1 amide bonds. The van der Waals surface area contributed by atoms with E-state index in [9.17, 15) is 4.79 Å². The minimum absolute atomic E-state index is 0.332. The van der Waals surface area contributed by atoms with Crippen LogP contribution in [0.25, 0.3) is 0 Å². The van der Waals surface area contributed by atoms with Crippen LogP contribution in [0.4, 0.5) is 0 Å². The molecule has 136 valence electrons. The number of ether oxygens (including phenoxy) is 1. The number of hydrogen-bond acceptors (Lipinski definition) is 2. The summed E-state index contributed by atoms with van der Waals surface area (Å²) in [6, 6.07) is 0. The average molecular weight is 453 g/mol. The summed E-state index contributed by atoms with van der Waals surface area (Å²) < 4.78 is 7.51. The maximum absolute atomic E-state index is 11.9. The van der Waals surface area contributed by atoms with Crippen LogP contribution >= 0.6 is 22.6 Å². The summed E-state index contributed by atoms with van der Waals surface area (Å²) in [4.78, 5) is 11.9. The Labute approximate surface area is 164 Å². The number of allylic oxidation sites excluding steroid dienone is 6. The highest BCUT2D eigenvalue weighted by Gasteiger charge is 2.28. The summed E-state index contributed by atoms with van der Waals surface area (Å²) >= 11 is 2.30. The second-order valence-electron chi connectivity index (χ2n) is 7.35. The number of hydrogen-bond donors (Lipinski definition) is 1. The maximum Gasteiger partial charge on any atom is 0.248 e. The number of primary amides is 1. The molecule has 0 atom stereocenters. The van der Waals surface area contributed by atoms with Crippen LogP contribution in [-0.4, -0.2) is 18.1 Å². The molecule has 0 aromatic rings. The predicted octanol–water partition coefficient (Wildman–Crippen LogP) is 5.12. The van der Waals surface area contributed by atoms with Crippen LogP contribution in [0.15, 0.2) is 45.1 Å². The van der Waals surface area contributed by atoms with Crippen molar-refractivity contribution >= 4 is 28.5 Å². The Morgan fingerprint density at radius 2 is 1.64 bits per heavy atom. The molecule has 0 heterocycles. The van der Waals surface area contributed by atoms with E-state index >= 15 is 0 Å². The maximum atomic E-state index is 11.9. The summed E-state index contributed by atoms with van der Waals surface area (Å²) in [7, 11) is 0. The van der Waals surface area contributed by atoms with Crippen LogP contribution in [0.2, 0.25) is 0 Å². The third-order valence-corrected chi connectivity index (χ3v) is 6.29. The van der Waals surface area contributed by atoms with Gasteiger partial charge in [0.05, 0.1) is 12.2 Å². The summed E-state index contributed by atoms with van der Waals surface area (Å²) in [6.07, 6.45) is 21.6. The highest BCUT2D eigenvalue weighted by atomic mass is 127. The molecule has 4 heteroatoms. The zero-order valence-electron chi connectivity index (χ0n) is 14.8. The van der Waals surface area contributed by atoms with Crippen LogP contribution < -0.4 is 5.73 Å². The van der Waals surface area contributed by atoms with E-state index in [1.807, 2.05) is 18.2 Å². The van der Waals surface area contributed by atoms with E-state index in [2.05, 4.69) is 34.7 Å². The highest BCUT2D eigenvalue weighted by Crippen LogP contribution is 2.36. The van der Waals surface area contributed by atoms with Crippen molar-refractivity contribution in [2.24, 2.45) is 11.7 Å². The van der Waals surface area contributed by atoms with Crippen LogP contribution in [-0.2, 0) is 9.53 Å². The van der Waals surface area contributed by atoms with Gasteiger partial charge in [0.15, 0.2) is 0 Å². The molecule has 25 heavy (non-hydrogen) atoms. The molecule has 2 saturated carbocycles. The monoisotopic (exact) mass is 453 g/mol. The molecule has 3 aliphatic carbocycles. The predicted molar refractivity (Wildman–Crippen MR) is 110 cm³/mol. The Hall–Kier alpha value is -0.880. The second kappa shape index (κ2) is 9.17. The van der Waals surface area contributed by atoms with E-state index in [1.165, 1.54) is 32.1 Å². The first kappa shape index (κ1) is 18.9. The van der Waals surface area contributed by atoms with Gasteiger partial charge in [-0.1, -0.05) is 31.4 Å². The number of carbonyl (C=O) groups is 1. The molecule has 0 radical (unpaired) electrons. The van der Waals surface area contributed by atoms with Gasteiger partial charge in [-0.15, -0.1) is 0 Å². The third-order valence-electron chi connectivity index (χ3n) is 5.57. The van der Waals surface area contributed by atoms with Gasteiger partial charge in [-0.2, -0.15) is 0 Å². The highest BCUT2D eigenvalue weighted by molar-refractivity contribution is 14.1. The van der Waals surface area contributed by atoms with Crippen molar-refractivity contribution in [3.8, 4) is 0 Å². The van der Waals surface area contributed by atoms with Crippen molar-refractivity contribution < 1.29 is 9.53 Å². The lowest BCUT2D eigenvalue weighted by Gasteiger charge is -2.33. The van der Waals surface area contributed by atoms with Gasteiger partial charge in [-0.3, -0.25) is 4.79 Å². The SMILES string of the molecule is NC(=O)C1=C(C2CCC(OC3CCCCC3)CC2)C=CC(I)=CC=C1. The lowest BCUT2D eigenvalue weighted by molar-refractivity contribution is -0.114. The van der Waals surface area contributed by atoms with Crippen molar-refractivity contribution in [3.63, 3.8) is 0 Å². The molecular weight excluding hydrogens is 425 g/mol. The first-order chi connectivity index (χ1) is 12.1. The quantitative estimate of drug-likeness (QED) is 0.601. The van der Waals surface area contributed by atoms with E-state index in [0.29, 0.717) is 23.7 Å². The molecule has 0 unspecified atom stereocenters. The molecule has 3 nitrogen and oxygen atoms in total. The van der Waals surface area contributed by atoms with Gasteiger partial charge in [0.25, 0.3) is 0 Å². The zero-order chi connectivity index (χ0) is 17.6. The van der Waals surface area contributed by atoms with E-state index in [0.717, 1.165) is 34.8 Å². The average Bonchev–Trinajstić information content (AvgIpc) is 2.60. The lowest BCUT2D eigenvalue weighted by Crippen LogP contribution is -2.29. The first-order valence-electron chi connectivity index (χ1n) is 9.55. The first-order valence-corrected chi connectivity index (χ1v) is 10.6. The van der Waals surface area contributed by atoms with Crippen molar-refractivity contribution in [2.45, 2.75) is 70.0 Å². The topological polar surface area (TPSA) is 52.3 Å². The van der Waals surface area contributed by atoms with Gasteiger partial charge in [0.2, 0.25) is 5.91 Å². The molecule has 3 rings (SSSR count). The number of halogens is 1. The minimum Gasteiger partial charge on any atom is -0.375 e. The van der Waals surface area contributed by atoms with Crippen LogP contribution in [0.5, 0.6) is 0 Å². The molecule has 2 N–H and O–H groups in total. The third kappa shape index (κ3) is 5.30. The standard InChI is InChI=1S/C21H28INO2/c22-16-5-4-8-20(21(23)24)19(14-11-16)15-9-12-18(13-10-15)25-17-6-2-1-3-7-17/h4-5,8,11,14-15,17-18H,1-3,6-7,9-10,12-13H2,(H2,23,24). The van der Waals surface area contributed by atoms with Gasteiger partial charge >= 0.3 is 0 Å². The smallest absolute Gasteiger partial charge is 0.248 e. The molecule has 0 spiro atoms. The van der Waals surface area contributed by atoms with Crippen molar-refractivity contribution in [1.29, 1.82) is 0 Å². The fraction of sp³-hybridized carbons (Fsp3) is 0.571. The van der Waals surface area contributed by atoms with E-state index in [4.69, 9.17) is 10.5 Å². The van der Waals surface area contributed by atoms with Gasteiger partial charge in [0.1, 0.15) is 0 Å². The zero-order valence-corrected chi connectivity index (χ0v) is 16.9. The second-order valence-corrected chi connectivity index (χ2v) is 8.59. The van der Waals surface area contributed by atoms with Gasteiger partial charge in [-0.25, -0.2) is 0 Å². The number of carbonyl (C=O) groups excluding carboxylic acids is 1. The molecule has 0 bridgehead atoms. The van der Waals surface area contributed by atoms with Crippen molar-refractivity contribution in [2.75, 3.05) is 0 Å². The Bertz CT molecular complexity index is 603. The van der Waals surface area contributed by atoms with Crippen molar-refractivity contribution in [1.82, 2.24) is 0 Å². The molecule has 3 aliphatic rings. The van der Waals surface area contributed by atoms with Gasteiger partial charge in [-0.05, 0) is 90.8 Å². The van der Waals surface area contributed by atoms with Crippen LogP contribution in [0.3, 0.4) is 0 Å². The summed E-state index contributed by atoms with van der Waals surface area (Å²) in [5.74, 6) is 0.0682.